The van der Waals surface area contributed by atoms with Crippen LogP contribution >= 0.6 is 0 Å². The monoisotopic (exact) mass is 290 g/mol. The van der Waals surface area contributed by atoms with Crippen molar-refractivity contribution in [3.8, 4) is 0 Å². The van der Waals surface area contributed by atoms with Gasteiger partial charge in [0.1, 0.15) is 10.1 Å². The Kier molecular flexibility index (Phi) is 13.9. The van der Waals surface area contributed by atoms with Crippen LogP contribution in [0.15, 0.2) is 0 Å². The van der Waals surface area contributed by atoms with Crippen molar-refractivity contribution >= 4 is 10.1 Å². The Hall–Kier alpha value is 1.51. The quantitative estimate of drug-likeness (QED) is 0.337. The molecule has 0 rings (SSSR count). The molecule has 98 valence electrons. The molecule has 0 spiro atoms. The fourth-order valence-corrected chi connectivity index (χ4v) is 2.83. The van der Waals surface area contributed by atoms with Gasteiger partial charge in [0.15, 0.2) is 0 Å². The van der Waals surface area contributed by atoms with Crippen LogP contribution in [0, 0.1) is 0 Å². The molecular weight excluding hydrogens is 267 g/mol. The van der Waals surface area contributed by atoms with Gasteiger partial charge in [0, 0.05) is 0 Å². The molecule has 17 heavy (non-hydrogen) atoms. The van der Waals surface area contributed by atoms with Gasteiger partial charge in [-0.1, -0.05) is 46.0 Å². The molecule has 0 heterocycles. The van der Waals surface area contributed by atoms with Crippen LogP contribution in [0.3, 0.4) is 0 Å². The van der Waals surface area contributed by atoms with Gasteiger partial charge in [0.2, 0.25) is 0 Å². The number of unbranched alkanes of at least 4 members (excludes halogenated alkanes) is 3. The van der Waals surface area contributed by atoms with Crippen LogP contribution in [-0.4, -0.2) is 29.4 Å². The van der Waals surface area contributed by atoms with E-state index in [1.807, 2.05) is 6.92 Å². The smallest absolute Gasteiger partial charge is 0.748 e. The normalized spacial score (nSPS) is 15.1. The van der Waals surface area contributed by atoms with Gasteiger partial charge in [0.25, 0.3) is 0 Å². The molecule has 0 saturated heterocycles. The van der Waals surface area contributed by atoms with E-state index in [1.165, 1.54) is 0 Å². The zero-order valence-electron chi connectivity index (χ0n) is 11.2. The molecule has 0 aromatic rings. The average Bonchev–Trinajstić information content (AvgIpc) is 2.19. The van der Waals surface area contributed by atoms with Gasteiger partial charge >= 0.3 is 51.4 Å². The number of hydrogen-bond donors (Lipinski definition) is 1. The molecule has 6 heteroatoms. The zero-order valence-corrected chi connectivity index (χ0v) is 15.1. The third-order valence-corrected chi connectivity index (χ3v) is 4.02. The van der Waals surface area contributed by atoms with Gasteiger partial charge in [-0.2, -0.15) is 0 Å². The largest absolute Gasteiger partial charge is 1.00 e. The molecule has 0 amide bonds. The minimum Gasteiger partial charge on any atom is -0.748 e. The standard InChI is InChI=1S/C11H24O4S.K/c1-3-5-6-7-9-10(12)11(8-4-2)16(13,14)15;/h10-12H,3-9H2,1-2H3,(H,13,14,15);/q;+1/p-1. The fraction of sp³-hybridized carbons (Fsp3) is 1.00. The summed E-state index contributed by atoms with van der Waals surface area (Å²) in [7, 11) is -4.37. The van der Waals surface area contributed by atoms with E-state index >= 15 is 0 Å². The van der Waals surface area contributed by atoms with Crippen molar-refractivity contribution in [2.75, 3.05) is 0 Å². The Morgan fingerprint density at radius 1 is 1.06 bits per heavy atom. The molecule has 0 aromatic heterocycles. The molecule has 2 atom stereocenters. The summed E-state index contributed by atoms with van der Waals surface area (Å²) in [5.74, 6) is 0. The van der Waals surface area contributed by atoms with E-state index in [2.05, 4.69) is 6.92 Å². The fourth-order valence-electron chi connectivity index (χ4n) is 1.78. The first-order valence-corrected chi connectivity index (χ1v) is 7.53. The van der Waals surface area contributed by atoms with E-state index < -0.39 is 21.5 Å². The number of hydrogen-bond acceptors (Lipinski definition) is 4. The van der Waals surface area contributed by atoms with Crippen molar-refractivity contribution in [1.29, 1.82) is 0 Å². The Morgan fingerprint density at radius 2 is 1.65 bits per heavy atom. The molecular formula is C11H23KO4S. The number of aliphatic hydroxyl groups is 1. The average molecular weight is 290 g/mol. The second-order valence-electron chi connectivity index (χ2n) is 4.24. The van der Waals surface area contributed by atoms with Gasteiger partial charge in [-0.15, -0.1) is 0 Å². The van der Waals surface area contributed by atoms with Crippen molar-refractivity contribution in [1.82, 2.24) is 0 Å². The van der Waals surface area contributed by atoms with Crippen molar-refractivity contribution in [2.24, 2.45) is 0 Å². The molecule has 4 nitrogen and oxygen atoms in total. The second-order valence-corrected chi connectivity index (χ2v) is 5.83. The Labute approximate surface area is 148 Å². The topological polar surface area (TPSA) is 77.4 Å². The van der Waals surface area contributed by atoms with Gasteiger partial charge in [0.05, 0.1) is 11.4 Å². The maximum atomic E-state index is 10.9. The van der Waals surface area contributed by atoms with Crippen molar-refractivity contribution in [2.45, 2.75) is 70.1 Å². The van der Waals surface area contributed by atoms with Gasteiger partial charge < -0.3 is 9.66 Å². The molecule has 2 unspecified atom stereocenters. The number of aliphatic hydroxyl groups excluding tert-OH is 1. The van der Waals surface area contributed by atoms with Crippen LogP contribution < -0.4 is 51.4 Å². The Balaban J connectivity index is 0. The van der Waals surface area contributed by atoms with Gasteiger partial charge in [-0.25, -0.2) is 8.42 Å². The molecule has 0 fully saturated rings. The summed E-state index contributed by atoms with van der Waals surface area (Å²) in [6, 6.07) is 0. The van der Waals surface area contributed by atoms with Crippen molar-refractivity contribution in [3.05, 3.63) is 0 Å². The summed E-state index contributed by atoms with van der Waals surface area (Å²) < 4.78 is 32.8. The van der Waals surface area contributed by atoms with Gasteiger partial charge in [-0.05, 0) is 12.8 Å². The van der Waals surface area contributed by atoms with Crippen LogP contribution in [0.1, 0.15) is 58.8 Å². The van der Waals surface area contributed by atoms with Crippen molar-refractivity contribution in [3.63, 3.8) is 0 Å². The van der Waals surface area contributed by atoms with Crippen LogP contribution in [0.5, 0.6) is 0 Å². The predicted molar refractivity (Wildman–Crippen MR) is 63.2 cm³/mol. The van der Waals surface area contributed by atoms with E-state index in [0.717, 1.165) is 25.7 Å². The van der Waals surface area contributed by atoms with Crippen LogP contribution in [-0.2, 0) is 10.1 Å². The zero-order chi connectivity index (χ0) is 12.6. The molecule has 0 aliphatic heterocycles. The van der Waals surface area contributed by atoms with E-state index in [4.69, 9.17) is 0 Å². The van der Waals surface area contributed by atoms with Crippen molar-refractivity contribution < 1.29 is 69.5 Å². The SMILES string of the molecule is CCCCCCC(O)C(CCC)S(=O)(=O)[O-].[K+]. The summed E-state index contributed by atoms with van der Waals surface area (Å²) in [5.41, 5.74) is 0. The van der Waals surface area contributed by atoms with E-state index in [0.29, 0.717) is 12.8 Å². The summed E-state index contributed by atoms with van der Waals surface area (Å²) in [6.45, 7) is 3.89. The Bertz CT molecular complexity index is 267. The maximum Gasteiger partial charge on any atom is 1.00 e. The van der Waals surface area contributed by atoms with Crippen LogP contribution in [0.25, 0.3) is 0 Å². The maximum absolute atomic E-state index is 10.9. The number of rotatable bonds is 9. The third-order valence-electron chi connectivity index (χ3n) is 2.73. The molecule has 0 aliphatic carbocycles. The molecule has 0 saturated carbocycles. The van der Waals surface area contributed by atoms with E-state index in [-0.39, 0.29) is 57.8 Å². The minimum absolute atomic E-state index is 0. The van der Waals surface area contributed by atoms with Crippen LogP contribution in [0.4, 0.5) is 0 Å². The molecule has 0 aromatic carbocycles. The summed E-state index contributed by atoms with van der Waals surface area (Å²) in [5, 5.41) is 8.57. The molecule has 0 aliphatic rings. The third kappa shape index (κ3) is 10.0. The van der Waals surface area contributed by atoms with E-state index in [1.54, 1.807) is 0 Å². The van der Waals surface area contributed by atoms with Gasteiger partial charge in [-0.3, -0.25) is 0 Å². The first kappa shape index (κ1) is 20.8. The molecule has 0 radical (unpaired) electrons. The summed E-state index contributed by atoms with van der Waals surface area (Å²) >= 11 is 0. The Morgan fingerprint density at radius 3 is 2.06 bits per heavy atom. The predicted octanol–water partition coefficient (Wildman–Crippen LogP) is -0.964. The first-order chi connectivity index (χ1) is 7.43. The summed E-state index contributed by atoms with van der Waals surface area (Å²) in [4.78, 5) is 0. The molecule has 0 bridgehead atoms. The summed E-state index contributed by atoms with van der Waals surface area (Å²) in [6.07, 6.45) is 4.18. The van der Waals surface area contributed by atoms with E-state index in [9.17, 15) is 18.1 Å². The van der Waals surface area contributed by atoms with Crippen LogP contribution in [0.2, 0.25) is 0 Å². The molecule has 1 N–H and O–H groups in total. The second kappa shape index (κ2) is 11.3. The first-order valence-electron chi connectivity index (χ1n) is 6.06. The minimum atomic E-state index is -4.37.